The molecule has 2 N–H and O–H groups in total. The van der Waals surface area contributed by atoms with Crippen LogP contribution in [0.25, 0.3) is 0 Å². The second-order valence-corrected chi connectivity index (χ2v) is 3.77. The number of amides is 1. The summed E-state index contributed by atoms with van der Waals surface area (Å²) in [4.78, 5) is 11.4. The number of rotatable bonds is 5. The largest absolute Gasteiger partial charge is 0.390 e. The van der Waals surface area contributed by atoms with E-state index in [1.807, 2.05) is 5.32 Å². The molecule has 0 aliphatic heterocycles. The number of aromatic nitrogens is 1. The fourth-order valence-electron chi connectivity index (χ4n) is 1.26. The van der Waals surface area contributed by atoms with Gasteiger partial charge < -0.3 is 14.9 Å². The first-order valence-corrected chi connectivity index (χ1v) is 5.03. The fraction of sp³-hybridized carbons (Fsp3) is 0.600. The molecule has 0 aliphatic carbocycles. The van der Waals surface area contributed by atoms with Gasteiger partial charge in [-0.05, 0) is 13.8 Å². The highest BCUT2D eigenvalue weighted by Crippen LogP contribution is 2.13. The summed E-state index contributed by atoms with van der Waals surface area (Å²) in [6, 6.07) is 0. The summed E-state index contributed by atoms with van der Waals surface area (Å²) in [5, 5.41) is 14.0. The number of halogens is 2. The standard InChI is InChI=1S/C10H14F2N2O3/c1-6-8(7(2)17-14-6)3-9(16)13-4-10(11,12)5-15/h15H,3-5H2,1-2H3,(H,13,16). The van der Waals surface area contributed by atoms with Crippen LogP contribution in [0, 0.1) is 13.8 Å². The van der Waals surface area contributed by atoms with Gasteiger partial charge in [-0.1, -0.05) is 5.16 Å². The lowest BCUT2D eigenvalue weighted by Crippen LogP contribution is -2.39. The van der Waals surface area contributed by atoms with Crippen molar-refractivity contribution in [1.82, 2.24) is 10.5 Å². The molecule has 0 unspecified atom stereocenters. The van der Waals surface area contributed by atoms with Crippen LogP contribution in [0.4, 0.5) is 8.78 Å². The number of nitrogens with one attached hydrogen (secondary N) is 1. The Bertz CT molecular complexity index is 385. The Morgan fingerprint density at radius 2 is 2.18 bits per heavy atom. The number of aryl methyl sites for hydroxylation is 2. The van der Waals surface area contributed by atoms with Crippen LogP contribution in [-0.2, 0) is 11.2 Å². The van der Waals surface area contributed by atoms with Gasteiger partial charge in [0, 0.05) is 5.56 Å². The average Bonchev–Trinajstić information content (AvgIpc) is 2.58. The van der Waals surface area contributed by atoms with Gasteiger partial charge in [-0.15, -0.1) is 0 Å². The molecule has 5 nitrogen and oxygen atoms in total. The Kier molecular flexibility index (Phi) is 4.17. The molecule has 0 spiro atoms. The van der Waals surface area contributed by atoms with Crippen LogP contribution < -0.4 is 5.32 Å². The normalized spacial score (nSPS) is 11.6. The van der Waals surface area contributed by atoms with Crippen LogP contribution in [0.2, 0.25) is 0 Å². The summed E-state index contributed by atoms with van der Waals surface area (Å²) >= 11 is 0. The fourth-order valence-corrected chi connectivity index (χ4v) is 1.26. The first kappa shape index (κ1) is 13.6. The number of alkyl halides is 2. The van der Waals surface area contributed by atoms with Gasteiger partial charge in [-0.25, -0.2) is 8.78 Å². The van der Waals surface area contributed by atoms with Gasteiger partial charge in [0.15, 0.2) is 0 Å². The minimum absolute atomic E-state index is 0.0668. The van der Waals surface area contributed by atoms with Crippen molar-refractivity contribution in [2.45, 2.75) is 26.2 Å². The smallest absolute Gasteiger partial charge is 0.287 e. The van der Waals surface area contributed by atoms with Gasteiger partial charge in [0.25, 0.3) is 5.92 Å². The second kappa shape index (κ2) is 5.22. The molecule has 0 aliphatic rings. The lowest BCUT2D eigenvalue weighted by atomic mass is 10.1. The maximum Gasteiger partial charge on any atom is 0.287 e. The molecular formula is C10H14F2N2O3. The minimum Gasteiger partial charge on any atom is -0.390 e. The summed E-state index contributed by atoms with van der Waals surface area (Å²) in [7, 11) is 0. The van der Waals surface area contributed by atoms with E-state index in [9.17, 15) is 13.6 Å². The van der Waals surface area contributed by atoms with Crippen molar-refractivity contribution in [2.75, 3.05) is 13.2 Å². The molecule has 7 heteroatoms. The number of aliphatic hydroxyl groups is 1. The van der Waals surface area contributed by atoms with Gasteiger partial charge in [0.2, 0.25) is 5.91 Å². The van der Waals surface area contributed by atoms with E-state index in [-0.39, 0.29) is 6.42 Å². The second-order valence-electron chi connectivity index (χ2n) is 3.77. The third-order valence-electron chi connectivity index (χ3n) is 2.29. The molecule has 1 heterocycles. The van der Waals surface area contributed by atoms with E-state index in [2.05, 4.69) is 5.16 Å². The summed E-state index contributed by atoms with van der Waals surface area (Å²) < 4.78 is 30.2. The van der Waals surface area contributed by atoms with E-state index in [1.54, 1.807) is 13.8 Å². The first-order valence-electron chi connectivity index (χ1n) is 5.03. The van der Waals surface area contributed by atoms with E-state index in [1.165, 1.54) is 0 Å². The molecule has 1 aromatic heterocycles. The number of nitrogens with zero attached hydrogens (tertiary/aromatic N) is 1. The van der Waals surface area contributed by atoms with E-state index in [4.69, 9.17) is 9.63 Å². The Morgan fingerprint density at radius 3 is 2.65 bits per heavy atom. The quantitative estimate of drug-likeness (QED) is 0.799. The van der Waals surface area contributed by atoms with Crippen molar-refractivity contribution in [3.8, 4) is 0 Å². The van der Waals surface area contributed by atoms with Gasteiger partial charge in [0.1, 0.15) is 12.4 Å². The molecular weight excluding hydrogens is 234 g/mol. The van der Waals surface area contributed by atoms with E-state index < -0.39 is 25.0 Å². The van der Waals surface area contributed by atoms with Crippen molar-refractivity contribution in [2.24, 2.45) is 0 Å². The highest BCUT2D eigenvalue weighted by Gasteiger charge is 2.28. The molecule has 0 saturated heterocycles. The third-order valence-corrected chi connectivity index (χ3v) is 2.29. The molecule has 0 fully saturated rings. The number of hydrogen-bond donors (Lipinski definition) is 2. The van der Waals surface area contributed by atoms with Crippen molar-refractivity contribution in [3.05, 3.63) is 17.0 Å². The zero-order valence-corrected chi connectivity index (χ0v) is 9.59. The minimum atomic E-state index is -3.30. The summed E-state index contributed by atoms with van der Waals surface area (Å²) in [6.07, 6.45) is -0.0668. The van der Waals surface area contributed by atoms with Gasteiger partial charge in [-0.2, -0.15) is 0 Å². The highest BCUT2D eigenvalue weighted by atomic mass is 19.3. The molecule has 0 bridgehead atoms. The lowest BCUT2D eigenvalue weighted by Gasteiger charge is -2.13. The molecule has 0 aromatic carbocycles. The average molecular weight is 248 g/mol. The Hall–Kier alpha value is -1.50. The first-order chi connectivity index (χ1) is 7.85. The Labute approximate surface area is 96.8 Å². The van der Waals surface area contributed by atoms with Gasteiger partial charge >= 0.3 is 0 Å². The van der Waals surface area contributed by atoms with Crippen LogP contribution in [-0.4, -0.2) is 35.2 Å². The van der Waals surface area contributed by atoms with Crippen LogP contribution in [0.15, 0.2) is 4.52 Å². The number of aliphatic hydroxyl groups excluding tert-OH is 1. The van der Waals surface area contributed by atoms with Crippen molar-refractivity contribution >= 4 is 5.91 Å². The highest BCUT2D eigenvalue weighted by molar-refractivity contribution is 5.79. The maximum absolute atomic E-state index is 12.7. The summed E-state index contributed by atoms with van der Waals surface area (Å²) in [6.45, 7) is 1.14. The van der Waals surface area contributed by atoms with Gasteiger partial charge in [-0.3, -0.25) is 4.79 Å². The van der Waals surface area contributed by atoms with E-state index in [0.29, 0.717) is 17.0 Å². The molecule has 1 aromatic rings. The SMILES string of the molecule is Cc1noc(C)c1CC(=O)NCC(F)(F)CO. The molecule has 0 saturated carbocycles. The number of carbonyl (C=O) groups excluding carboxylic acids is 1. The lowest BCUT2D eigenvalue weighted by molar-refractivity contribution is -0.123. The molecule has 1 amide bonds. The molecule has 17 heavy (non-hydrogen) atoms. The van der Waals surface area contributed by atoms with E-state index in [0.717, 1.165) is 0 Å². The van der Waals surface area contributed by atoms with Crippen molar-refractivity contribution in [3.63, 3.8) is 0 Å². The molecule has 0 atom stereocenters. The zero-order chi connectivity index (χ0) is 13.1. The maximum atomic E-state index is 12.7. The third kappa shape index (κ3) is 3.77. The van der Waals surface area contributed by atoms with Crippen LogP contribution >= 0.6 is 0 Å². The Morgan fingerprint density at radius 1 is 1.53 bits per heavy atom. The van der Waals surface area contributed by atoms with Crippen LogP contribution in [0.1, 0.15) is 17.0 Å². The van der Waals surface area contributed by atoms with Gasteiger partial charge in [0.05, 0.1) is 18.7 Å². The topological polar surface area (TPSA) is 75.4 Å². The molecule has 0 radical (unpaired) electrons. The van der Waals surface area contributed by atoms with Crippen LogP contribution in [0.3, 0.4) is 0 Å². The zero-order valence-electron chi connectivity index (χ0n) is 9.59. The Balaban J connectivity index is 2.51. The van der Waals surface area contributed by atoms with Crippen molar-refractivity contribution < 1.29 is 23.2 Å². The summed E-state index contributed by atoms with van der Waals surface area (Å²) in [5.41, 5.74) is 1.15. The monoisotopic (exact) mass is 248 g/mol. The molecule has 96 valence electrons. The predicted molar refractivity (Wildman–Crippen MR) is 54.7 cm³/mol. The van der Waals surface area contributed by atoms with E-state index >= 15 is 0 Å². The van der Waals surface area contributed by atoms with Crippen LogP contribution in [0.5, 0.6) is 0 Å². The number of carbonyl (C=O) groups is 1. The number of hydrogen-bond acceptors (Lipinski definition) is 4. The predicted octanol–water partition coefficient (Wildman–Crippen LogP) is 0.578. The van der Waals surface area contributed by atoms with Crippen molar-refractivity contribution in [1.29, 1.82) is 0 Å². The summed E-state index contributed by atoms with van der Waals surface area (Å²) in [5.74, 6) is -3.37. The molecule has 1 rings (SSSR count).